The van der Waals surface area contributed by atoms with Gasteiger partial charge in [0.1, 0.15) is 0 Å². The predicted molar refractivity (Wildman–Crippen MR) is 269 cm³/mol. The highest BCUT2D eigenvalue weighted by Gasteiger charge is 2.42. The van der Waals surface area contributed by atoms with Crippen LogP contribution in [-0.2, 0) is 27.7 Å². The maximum Gasteiger partial charge on any atom is 0.501 e. The van der Waals surface area contributed by atoms with Crippen molar-refractivity contribution < 1.29 is 62.8 Å². The molecule has 67 heavy (non-hydrogen) atoms. The van der Waals surface area contributed by atoms with Crippen LogP contribution in [0.25, 0.3) is 0 Å². The quantitative estimate of drug-likeness (QED) is 0.0200. The molecule has 0 aromatic rings. The van der Waals surface area contributed by atoms with Crippen molar-refractivity contribution in [2.75, 3.05) is 125 Å². The molecule has 0 amide bonds. The van der Waals surface area contributed by atoms with Crippen LogP contribution in [-0.4, -0.2) is 202 Å². The first-order chi connectivity index (χ1) is 32.4. The zero-order valence-corrected chi connectivity index (χ0v) is 44.0. The molecule has 0 aliphatic heterocycles. The van der Waals surface area contributed by atoms with E-state index in [-0.39, 0.29) is 98.5 Å². The molecule has 0 bridgehead atoms. The van der Waals surface area contributed by atoms with Crippen molar-refractivity contribution in [2.45, 2.75) is 180 Å². The number of quaternary nitrogens is 1. The zero-order chi connectivity index (χ0) is 49.7. The van der Waals surface area contributed by atoms with Crippen molar-refractivity contribution in [3.05, 3.63) is 0 Å². The Kier molecular flexibility index (Phi) is 44.2. The van der Waals surface area contributed by atoms with Gasteiger partial charge in [0.25, 0.3) is 0 Å². The van der Waals surface area contributed by atoms with E-state index in [0.29, 0.717) is 12.5 Å². The normalized spacial score (nSPS) is 13.0. The van der Waals surface area contributed by atoms with Gasteiger partial charge in [-0.25, -0.2) is 0 Å². The van der Waals surface area contributed by atoms with Crippen molar-refractivity contribution >= 4 is 26.7 Å². The summed E-state index contributed by atoms with van der Waals surface area (Å²) in [5, 5.41) is 57.4. The van der Waals surface area contributed by atoms with Gasteiger partial charge in [-0.2, -0.15) is 0 Å². The third-order valence-electron chi connectivity index (χ3n) is 12.8. The highest BCUT2D eigenvalue weighted by atomic mass is 28.4. The molecule has 0 fully saturated rings. The minimum atomic E-state index is -3.64. The molecule has 1 atom stereocenters. The number of carboxylic acid groups (broad SMARTS) is 3. The SMILES string of the molecule is CCCCCCCCCCCCCCCCCC[N+](C)(CCCCCCCCCC)CCC[Si](OCCN(CCO)CC(=O)O)(OCCN(CCO)CC(=O)O)OCCN(CCO)CC(=O)O. The molecule has 0 spiro atoms. The minimum Gasteiger partial charge on any atom is -0.480 e. The summed E-state index contributed by atoms with van der Waals surface area (Å²) in [4.78, 5) is 39.5. The van der Waals surface area contributed by atoms with Gasteiger partial charge >= 0.3 is 26.7 Å². The van der Waals surface area contributed by atoms with Gasteiger partial charge in [-0.1, -0.05) is 142 Å². The Morgan fingerprint density at radius 1 is 0.403 bits per heavy atom. The van der Waals surface area contributed by atoms with Crippen LogP contribution in [0.2, 0.25) is 6.04 Å². The Morgan fingerprint density at radius 3 is 0.910 bits per heavy atom. The van der Waals surface area contributed by atoms with Gasteiger partial charge in [-0.05, 0) is 25.7 Å². The number of hydrogen-bond donors (Lipinski definition) is 6. The molecule has 1 unspecified atom stereocenters. The van der Waals surface area contributed by atoms with Crippen molar-refractivity contribution in [3.63, 3.8) is 0 Å². The fourth-order valence-corrected chi connectivity index (χ4v) is 11.3. The molecular formula is C50H103N4O12Si+. The number of rotatable bonds is 54. The lowest BCUT2D eigenvalue weighted by molar-refractivity contribution is -0.910. The van der Waals surface area contributed by atoms with E-state index in [1.165, 1.54) is 141 Å². The average Bonchev–Trinajstić information content (AvgIpc) is 3.26. The molecule has 0 saturated heterocycles. The first-order valence-corrected chi connectivity index (χ1v) is 28.7. The Morgan fingerprint density at radius 2 is 0.657 bits per heavy atom. The maximum absolute atomic E-state index is 11.6. The molecule has 0 saturated carbocycles. The topological polar surface area (TPSA) is 210 Å². The first kappa shape index (κ1) is 65.2. The van der Waals surface area contributed by atoms with E-state index in [9.17, 15) is 45.0 Å². The summed E-state index contributed by atoms with van der Waals surface area (Å²) in [5.74, 6) is -3.11. The minimum absolute atomic E-state index is 0.0496. The van der Waals surface area contributed by atoms with E-state index in [1.54, 1.807) is 14.7 Å². The standard InChI is InChI=1S/C50H102N4O12Si/c1-4-6-8-10-12-14-15-16-17-18-19-20-21-23-25-27-36-54(3,35-26-24-22-13-11-9-7-5-2)37-28-44-67(64-41-32-51(29-38-55)45-48(58)59,65-42-33-52(30-39-56)46-49(60)61)66-43-34-53(31-40-57)47-50(62)63/h55-57H,4-47H2,1-3H3,(H2-,58,59,60,61,62,63)/p+1. The third kappa shape index (κ3) is 40.6. The fourth-order valence-electron chi connectivity index (χ4n) is 8.82. The van der Waals surface area contributed by atoms with Gasteiger partial charge in [0.15, 0.2) is 0 Å². The third-order valence-corrected chi connectivity index (χ3v) is 15.7. The van der Waals surface area contributed by atoms with Gasteiger partial charge in [0.05, 0.1) is 86.0 Å². The molecule has 0 aromatic carbocycles. The lowest BCUT2D eigenvalue weighted by Crippen LogP contribution is -2.52. The number of hydrogen-bond acceptors (Lipinski definition) is 12. The molecule has 0 aliphatic rings. The molecular weight excluding hydrogens is 877 g/mol. The number of carboxylic acids is 3. The van der Waals surface area contributed by atoms with Gasteiger partial charge in [-0.3, -0.25) is 29.1 Å². The van der Waals surface area contributed by atoms with Crippen LogP contribution in [0.5, 0.6) is 0 Å². The summed E-state index contributed by atoms with van der Waals surface area (Å²) in [6.07, 6.45) is 32.0. The van der Waals surface area contributed by atoms with E-state index < -0.39 is 26.7 Å². The molecule has 17 heteroatoms. The number of carbonyl (C=O) groups is 3. The van der Waals surface area contributed by atoms with E-state index in [2.05, 4.69) is 20.9 Å². The largest absolute Gasteiger partial charge is 0.501 e. The van der Waals surface area contributed by atoms with Gasteiger partial charge in [-0.15, -0.1) is 0 Å². The van der Waals surface area contributed by atoms with Crippen molar-refractivity contribution in [1.82, 2.24) is 14.7 Å². The zero-order valence-electron chi connectivity index (χ0n) is 43.0. The smallest absolute Gasteiger partial charge is 0.480 e. The van der Waals surface area contributed by atoms with Crippen LogP contribution >= 0.6 is 0 Å². The highest BCUT2D eigenvalue weighted by Crippen LogP contribution is 2.23. The Hall–Kier alpha value is -1.77. The Bertz CT molecular complexity index is 1090. The number of aliphatic hydroxyl groups excluding tert-OH is 3. The maximum atomic E-state index is 11.6. The monoisotopic (exact) mass is 980 g/mol. The molecule has 0 aromatic heterocycles. The van der Waals surface area contributed by atoms with Crippen molar-refractivity contribution in [1.29, 1.82) is 0 Å². The highest BCUT2D eigenvalue weighted by molar-refractivity contribution is 6.60. The van der Waals surface area contributed by atoms with Gasteiger partial charge in [0, 0.05) is 51.7 Å². The number of unbranched alkanes of at least 4 members (excludes halogenated alkanes) is 22. The van der Waals surface area contributed by atoms with Crippen LogP contribution in [0.1, 0.15) is 174 Å². The van der Waals surface area contributed by atoms with Gasteiger partial charge in [0.2, 0.25) is 0 Å². The van der Waals surface area contributed by atoms with Crippen LogP contribution in [0, 0.1) is 0 Å². The van der Waals surface area contributed by atoms with E-state index >= 15 is 0 Å². The Labute approximate surface area is 408 Å². The van der Waals surface area contributed by atoms with E-state index in [4.69, 9.17) is 13.3 Å². The lowest BCUT2D eigenvalue weighted by Gasteiger charge is -2.37. The average molecular weight is 980 g/mol. The molecule has 398 valence electrons. The Balaban J connectivity index is 5.99. The van der Waals surface area contributed by atoms with Crippen LogP contribution < -0.4 is 0 Å². The summed E-state index contributed by atoms with van der Waals surface area (Å²) in [5.41, 5.74) is 0. The van der Waals surface area contributed by atoms with Crippen molar-refractivity contribution in [2.24, 2.45) is 0 Å². The molecule has 0 rings (SSSR count). The molecule has 0 heterocycles. The number of aliphatic carboxylic acids is 3. The number of nitrogens with zero attached hydrogens (tertiary/aromatic N) is 4. The van der Waals surface area contributed by atoms with Gasteiger partial charge < -0.3 is 48.4 Å². The second-order valence-electron chi connectivity index (χ2n) is 19.1. The molecule has 16 nitrogen and oxygen atoms in total. The predicted octanol–water partition coefficient (Wildman–Crippen LogP) is 7.35. The first-order valence-electron chi connectivity index (χ1n) is 26.8. The molecule has 0 aliphatic carbocycles. The van der Waals surface area contributed by atoms with Crippen LogP contribution in [0.3, 0.4) is 0 Å². The van der Waals surface area contributed by atoms with E-state index in [0.717, 1.165) is 37.0 Å². The lowest BCUT2D eigenvalue weighted by atomic mass is 10.0. The summed E-state index contributed by atoms with van der Waals surface area (Å²) in [7, 11) is -1.29. The number of aliphatic hydroxyl groups is 3. The van der Waals surface area contributed by atoms with Crippen LogP contribution in [0.4, 0.5) is 0 Å². The summed E-state index contributed by atoms with van der Waals surface area (Å²) >= 11 is 0. The second kappa shape index (κ2) is 45.4. The summed E-state index contributed by atoms with van der Waals surface area (Å²) in [6.45, 7) is 7.06. The summed E-state index contributed by atoms with van der Waals surface area (Å²) < 4.78 is 20.7. The molecule has 6 N–H and O–H groups in total. The van der Waals surface area contributed by atoms with Crippen molar-refractivity contribution in [3.8, 4) is 0 Å². The van der Waals surface area contributed by atoms with Crippen LogP contribution in [0.15, 0.2) is 0 Å². The molecule has 0 radical (unpaired) electrons. The second-order valence-corrected chi connectivity index (χ2v) is 21.8. The van der Waals surface area contributed by atoms with E-state index in [1.807, 2.05) is 0 Å². The fraction of sp³-hybridized carbons (Fsp3) is 0.940. The summed E-state index contributed by atoms with van der Waals surface area (Å²) in [6, 6.07) is 0.425.